The summed E-state index contributed by atoms with van der Waals surface area (Å²) in [5.74, 6) is -0.979. The fourth-order valence-corrected chi connectivity index (χ4v) is 9.16. The van der Waals surface area contributed by atoms with E-state index >= 15 is 0 Å². The predicted molar refractivity (Wildman–Crippen MR) is 237 cm³/mol. The van der Waals surface area contributed by atoms with Crippen molar-refractivity contribution in [2.45, 2.75) is 50.6 Å². The standard InChI is InChI=1S/C46H52ClF3N6O4S/c1-45(2)20-18-34(39(30-45)32-10-12-35(47)13-11-32)31-54-24-26-55(27-25-54)36-14-16-38(43(28-36)60-56-23-19-33-8-5-6-9-42(33)56)44(57)52-61(58,59)37-15-17-41(40(29-37)46(48,49)50)51-21-7-22-53(3)4/h5-6,8-17,19,23,28-29,51H,7,18,20-22,24-27,30-31H2,1-4H3,(H,52,57). The number of amides is 1. The van der Waals surface area contributed by atoms with Gasteiger partial charge in [-0.3, -0.25) is 9.69 Å². The van der Waals surface area contributed by atoms with Crippen LogP contribution in [0.1, 0.15) is 61.0 Å². The number of rotatable bonds is 14. The van der Waals surface area contributed by atoms with Crippen LogP contribution in [0.2, 0.25) is 5.02 Å². The molecule has 1 fully saturated rings. The molecule has 0 atom stereocenters. The number of carbonyl (C=O) groups excluding carboxylic acids is 1. The summed E-state index contributed by atoms with van der Waals surface area (Å²) in [6, 6.07) is 25.1. The van der Waals surface area contributed by atoms with E-state index in [4.69, 9.17) is 16.4 Å². The summed E-state index contributed by atoms with van der Waals surface area (Å²) >= 11 is 6.23. The molecule has 1 aliphatic heterocycles. The van der Waals surface area contributed by atoms with E-state index in [9.17, 15) is 26.4 Å². The molecule has 1 aliphatic carbocycles. The van der Waals surface area contributed by atoms with E-state index in [1.54, 1.807) is 18.3 Å². The van der Waals surface area contributed by atoms with Crippen molar-refractivity contribution >= 4 is 55.4 Å². The van der Waals surface area contributed by atoms with Gasteiger partial charge in [-0.1, -0.05) is 61.4 Å². The van der Waals surface area contributed by atoms with Crippen LogP contribution >= 0.6 is 11.6 Å². The summed E-state index contributed by atoms with van der Waals surface area (Å²) < 4.78 is 73.3. The number of para-hydroxylation sites is 1. The number of fused-ring (bicyclic) bond motifs is 1. The molecule has 4 aromatic carbocycles. The van der Waals surface area contributed by atoms with E-state index in [2.05, 4.69) is 41.1 Å². The molecule has 0 unspecified atom stereocenters. The number of aromatic nitrogens is 1. The first-order valence-corrected chi connectivity index (χ1v) is 22.3. The third kappa shape index (κ3) is 10.7. The Labute approximate surface area is 360 Å². The van der Waals surface area contributed by atoms with Crippen molar-refractivity contribution < 1.29 is 31.2 Å². The van der Waals surface area contributed by atoms with Crippen LogP contribution in [0.5, 0.6) is 5.75 Å². The van der Waals surface area contributed by atoms with E-state index < -0.39 is 32.6 Å². The Morgan fingerprint density at radius 2 is 1.67 bits per heavy atom. The van der Waals surface area contributed by atoms with Gasteiger partial charge in [-0.25, -0.2) is 13.1 Å². The molecule has 2 aliphatic rings. The largest absolute Gasteiger partial charge is 0.418 e. The number of benzene rings is 4. The molecule has 10 nitrogen and oxygen atoms in total. The normalized spacial score (nSPS) is 16.3. The minimum atomic E-state index is -4.86. The lowest BCUT2D eigenvalue weighted by molar-refractivity contribution is -0.137. The van der Waals surface area contributed by atoms with Crippen LogP contribution in [0.3, 0.4) is 0 Å². The van der Waals surface area contributed by atoms with Crippen LogP contribution in [0.15, 0.2) is 108 Å². The Morgan fingerprint density at radius 1 is 0.934 bits per heavy atom. The molecule has 0 spiro atoms. The number of sulfonamides is 1. The lowest BCUT2D eigenvalue weighted by Gasteiger charge is -2.39. The molecule has 2 N–H and O–H groups in total. The smallest absolute Gasteiger partial charge is 0.385 e. The number of carbonyl (C=O) groups is 1. The van der Waals surface area contributed by atoms with Gasteiger partial charge in [-0.2, -0.15) is 17.9 Å². The highest BCUT2D eigenvalue weighted by molar-refractivity contribution is 7.90. The van der Waals surface area contributed by atoms with Crippen LogP contribution in [-0.2, 0) is 16.2 Å². The summed E-state index contributed by atoms with van der Waals surface area (Å²) in [7, 11) is -1.04. The number of allylic oxidation sites excluding steroid dienone is 1. The lowest BCUT2D eigenvalue weighted by Crippen LogP contribution is -2.47. The lowest BCUT2D eigenvalue weighted by atomic mass is 9.72. The third-order valence-electron chi connectivity index (χ3n) is 11.4. The summed E-state index contributed by atoms with van der Waals surface area (Å²) in [5, 5.41) is 4.37. The maximum absolute atomic E-state index is 14.2. The highest BCUT2D eigenvalue weighted by Crippen LogP contribution is 2.43. The Morgan fingerprint density at radius 3 is 2.39 bits per heavy atom. The van der Waals surface area contributed by atoms with E-state index in [0.717, 1.165) is 67.1 Å². The molecule has 1 amide bonds. The summed E-state index contributed by atoms with van der Waals surface area (Å²) in [6.45, 7) is 9.40. The minimum Gasteiger partial charge on any atom is -0.385 e. The maximum Gasteiger partial charge on any atom is 0.418 e. The number of alkyl halides is 3. The van der Waals surface area contributed by atoms with Crippen molar-refractivity contribution in [2.24, 2.45) is 5.41 Å². The van der Waals surface area contributed by atoms with Gasteiger partial charge in [0.05, 0.1) is 21.5 Å². The zero-order chi connectivity index (χ0) is 43.5. The first-order chi connectivity index (χ1) is 29.0. The number of nitrogens with one attached hydrogen (secondary N) is 2. The summed E-state index contributed by atoms with van der Waals surface area (Å²) in [4.78, 5) is 26.1. The second kappa shape index (κ2) is 18.1. The van der Waals surface area contributed by atoms with Gasteiger partial charge in [0.2, 0.25) is 0 Å². The second-order valence-corrected chi connectivity index (χ2v) is 19.0. The zero-order valence-corrected chi connectivity index (χ0v) is 36.4. The number of anilines is 2. The molecule has 1 aromatic heterocycles. The fraction of sp³-hybridized carbons (Fsp3) is 0.370. The predicted octanol–water partition coefficient (Wildman–Crippen LogP) is 9.42. The van der Waals surface area contributed by atoms with E-state index in [1.165, 1.54) is 27.5 Å². The van der Waals surface area contributed by atoms with Gasteiger partial charge in [0, 0.05) is 73.3 Å². The number of nitrogens with zero attached hydrogens (tertiary/aromatic N) is 4. The SMILES string of the molecule is CN(C)CCCNc1ccc(S(=O)(=O)NC(=O)c2ccc(N3CCN(CC4=C(c5ccc(Cl)cc5)CC(C)(C)CC4)CC3)cc2On2ccc3ccccc32)cc1C(F)(F)F. The second-order valence-electron chi connectivity index (χ2n) is 16.9. The topological polar surface area (TPSA) is 99.2 Å². The first kappa shape index (κ1) is 44.0. The van der Waals surface area contributed by atoms with Crippen molar-refractivity contribution in [1.82, 2.24) is 19.3 Å². The Bertz CT molecular complexity index is 2510. The Kier molecular flexibility index (Phi) is 13.1. The molecule has 0 saturated carbocycles. The number of piperazine rings is 1. The number of halogens is 4. The van der Waals surface area contributed by atoms with Crippen molar-refractivity contribution in [2.75, 3.05) is 70.1 Å². The summed E-state index contributed by atoms with van der Waals surface area (Å²) in [5.41, 5.74) is 4.25. The molecule has 0 bridgehead atoms. The van der Waals surface area contributed by atoms with Crippen LogP contribution in [-0.4, -0.2) is 88.8 Å². The van der Waals surface area contributed by atoms with Crippen LogP contribution in [0.25, 0.3) is 16.5 Å². The molecular weight excluding hydrogens is 825 g/mol. The van der Waals surface area contributed by atoms with Crippen LogP contribution < -0.4 is 19.8 Å². The van der Waals surface area contributed by atoms with Crippen molar-refractivity contribution in [3.63, 3.8) is 0 Å². The van der Waals surface area contributed by atoms with Crippen LogP contribution in [0.4, 0.5) is 24.5 Å². The van der Waals surface area contributed by atoms with Gasteiger partial charge in [-0.05, 0) is 117 Å². The van der Waals surface area contributed by atoms with Crippen molar-refractivity contribution in [1.29, 1.82) is 0 Å². The molecule has 324 valence electrons. The summed E-state index contributed by atoms with van der Waals surface area (Å²) in [6.07, 6.45) is 0.565. The first-order valence-electron chi connectivity index (χ1n) is 20.5. The number of hydrogen-bond donors (Lipinski definition) is 2. The van der Waals surface area contributed by atoms with Gasteiger partial charge in [0.25, 0.3) is 15.9 Å². The van der Waals surface area contributed by atoms with E-state index in [-0.39, 0.29) is 29.0 Å². The molecule has 61 heavy (non-hydrogen) atoms. The molecule has 7 rings (SSSR count). The molecule has 15 heteroatoms. The highest BCUT2D eigenvalue weighted by Gasteiger charge is 2.36. The molecule has 0 radical (unpaired) electrons. The Hall–Kier alpha value is -5.02. The molecule has 5 aromatic rings. The van der Waals surface area contributed by atoms with Gasteiger partial charge in [0.15, 0.2) is 5.75 Å². The van der Waals surface area contributed by atoms with Gasteiger partial charge in [-0.15, -0.1) is 0 Å². The highest BCUT2D eigenvalue weighted by atomic mass is 35.5. The fourth-order valence-electron chi connectivity index (χ4n) is 8.05. The maximum atomic E-state index is 14.2. The van der Waals surface area contributed by atoms with Gasteiger partial charge >= 0.3 is 6.18 Å². The van der Waals surface area contributed by atoms with Crippen molar-refractivity contribution in [3.05, 3.63) is 124 Å². The average Bonchev–Trinajstić information content (AvgIpc) is 3.62. The molecular formula is C46H52ClF3N6O4S. The van der Waals surface area contributed by atoms with Crippen LogP contribution in [0, 0.1) is 5.41 Å². The molecule has 2 heterocycles. The quantitative estimate of drug-likeness (QED) is 0.107. The van der Waals surface area contributed by atoms with Crippen molar-refractivity contribution in [3.8, 4) is 5.75 Å². The van der Waals surface area contributed by atoms with E-state index in [0.29, 0.717) is 37.6 Å². The minimum absolute atomic E-state index is 0.0739. The Balaban J connectivity index is 1.11. The van der Waals surface area contributed by atoms with E-state index in [1.807, 2.05) is 66.2 Å². The zero-order valence-electron chi connectivity index (χ0n) is 34.9. The average molecular weight is 877 g/mol. The monoisotopic (exact) mass is 876 g/mol. The van der Waals surface area contributed by atoms with Gasteiger partial charge in [0.1, 0.15) is 0 Å². The third-order valence-corrected chi connectivity index (χ3v) is 13.0. The molecule has 1 saturated heterocycles. The van der Waals surface area contributed by atoms with Gasteiger partial charge < -0.3 is 20.0 Å². The number of hydrogen-bond acceptors (Lipinski definition) is 8.